The standard InChI is InChI=1S/C22H21F3N4O3S/c1-22(13-33(2,30)31)11-29(12-22)18-9-14(27-21(28-18)16-5-3-4-8-26-16)10-32-17-7-6-15(23)19(24)20(17)25/h3-9H,10-13H2,1-2H3. The summed E-state index contributed by atoms with van der Waals surface area (Å²) in [6, 6.07) is 8.66. The molecule has 1 aliphatic rings. The molecule has 0 atom stereocenters. The number of nitrogens with zero attached hydrogens (tertiary/aromatic N) is 4. The van der Waals surface area contributed by atoms with Gasteiger partial charge in [0.2, 0.25) is 5.82 Å². The molecule has 0 bridgehead atoms. The van der Waals surface area contributed by atoms with E-state index in [1.54, 1.807) is 30.5 Å². The number of halogens is 3. The minimum absolute atomic E-state index is 0.0556. The average Bonchev–Trinajstić information content (AvgIpc) is 2.74. The molecule has 2 aromatic heterocycles. The van der Waals surface area contributed by atoms with Gasteiger partial charge in [-0.25, -0.2) is 27.2 Å². The van der Waals surface area contributed by atoms with E-state index >= 15 is 0 Å². The molecule has 174 valence electrons. The SMILES string of the molecule is CC1(CS(C)(=O)=O)CN(c2cc(COc3ccc(F)c(F)c3F)nc(-c3ccccn3)n2)C1. The zero-order chi connectivity index (χ0) is 23.8. The Kier molecular flexibility index (Phi) is 6.00. The predicted molar refractivity (Wildman–Crippen MR) is 116 cm³/mol. The highest BCUT2D eigenvalue weighted by Crippen LogP contribution is 2.35. The zero-order valence-electron chi connectivity index (χ0n) is 17.9. The summed E-state index contributed by atoms with van der Waals surface area (Å²) in [5.41, 5.74) is 0.454. The van der Waals surface area contributed by atoms with Crippen LogP contribution in [0.1, 0.15) is 12.6 Å². The molecule has 0 unspecified atom stereocenters. The maximum atomic E-state index is 14.0. The van der Waals surface area contributed by atoms with Crippen molar-refractivity contribution in [3.63, 3.8) is 0 Å². The van der Waals surface area contributed by atoms with E-state index in [-0.39, 0.29) is 12.4 Å². The van der Waals surface area contributed by atoms with Crippen molar-refractivity contribution in [2.75, 3.05) is 30.0 Å². The molecule has 1 fully saturated rings. The lowest BCUT2D eigenvalue weighted by molar-refractivity contribution is 0.273. The van der Waals surface area contributed by atoms with Gasteiger partial charge in [0.05, 0.1) is 11.4 Å². The topological polar surface area (TPSA) is 85.3 Å². The van der Waals surface area contributed by atoms with Crippen LogP contribution >= 0.6 is 0 Å². The van der Waals surface area contributed by atoms with Crippen LogP contribution in [0.5, 0.6) is 5.75 Å². The molecular weight excluding hydrogens is 457 g/mol. The van der Waals surface area contributed by atoms with Gasteiger partial charge in [-0.2, -0.15) is 4.39 Å². The molecular formula is C22H21F3N4O3S. The molecule has 3 heterocycles. The van der Waals surface area contributed by atoms with Gasteiger partial charge in [0.25, 0.3) is 0 Å². The van der Waals surface area contributed by atoms with E-state index in [4.69, 9.17) is 4.74 Å². The predicted octanol–water partition coefficient (Wildman–Crippen LogP) is 3.41. The zero-order valence-corrected chi connectivity index (χ0v) is 18.7. The highest BCUT2D eigenvalue weighted by atomic mass is 32.2. The summed E-state index contributed by atoms with van der Waals surface area (Å²) >= 11 is 0. The molecule has 4 rings (SSSR count). The summed E-state index contributed by atoms with van der Waals surface area (Å²) in [5, 5.41) is 0. The largest absolute Gasteiger partial charge is 0.484 e. The maximum Gasteiger partial charge on any atom is 0.203 e. The molecule has 1 aliphatic heterocycles. The third kappa shape index (κ3) is 5.24. The lowest BCUT2D eigenvalue weighted by Crippen LogP contribution is -2.58. The van der Waals surface area contributed by atoms with E-state index in [2.05, 4.69) is 15.0 Å². The first kappa shape index (κ1) is 23.0. The first-order chi connectivity index (χ1) is 15.5. The first-order valence-corrected chi connectivity index (χ1v) is 12.1. The second-order valence-corrected chi connectivity index (χ2v) is 10.6. The number of hydrogen-bond acceptors (Lipinski definition) is 7. The number of aromatic nitrogens is 3. The van der Waals surface area contributed by atoms with Crippen LogP contribution in [-0.2, 0) is 16.4 Å². The Balaban J connectivity index is 1.60. The van der Waals surface area contributed by atoms with Gasteiger partial charge in [0, 0.05) is 37.0 Å². The van der Waals surface area contributed by atoms with Gasteiger partial charge >= 0.3 is 0 Å². The van der Waals surface area contributed by atoms with Gasteiger partial charge in [-0.05, 0) is 24.3 Å². The van der Waals surface area contributed by atoms with Crippen molar-refractivity contribution >= 4 is 15.7 Å². The molecule has 7 nitrogen and oxygen atoms in total. The Bertz CT molecular complexity index is 1280. The van der Waals surface area contributed by atoms with Gasteiger partial charge < -0.3 is 9.64 Å². The number of ether oxygens (including phenoxy) is 1. The number of hydrogen-bond donors (Lipinski definition) is 0. The Hall–Kier alpha value is -3.21. The van der Waals surface area contributed by atoms with Gasteiger partial charge in [-0.1, -0.05) is 13.0 Å². The average molecular weight is 478 g/mol. The summed E-state index contributed by atoms with van der Waals surface area (Å²) in [6.07, 6.45) is 2.79. The molecule has 0 radical (unpaired) electrons. The minimum Gasteiger partial charge on any atom is -0.484 e. The van der Waals surface area contributed by atoms with E-state index in [0.717, 1.165) is 12.1 Å². The van der Waals surface area contributed by atoms with Crippen LogP contribution in [0.25, 0.3) is 11.5 Å². The van der Waals surface area contributed by atoms with Crippen LogP contribution in [-0.4, -0.2) is 48.5 Å². The summed E-state index contributed by atoms with van der Waals surface area (Å²) in [4.78, 5) is 15.1. The maximum absolute atomic E-state index is 14.0. The van der Waals surface area contributed by atoms with Crippen molar-refractivity contribution in [2.45, 2.75) is 13.5 Å². The van der Waals surface area contributed by atoms with Gasteiger partial charge in [-0.3, -0.25) is 4.98 Å². The number of rotatable bonds is 7. The third-order valence-electron chi connectivity index (χ3n) is 5.11. The highest BCUT2D eigenvalue weighted by molar-refractivity contribution is 7.90. The number of benzene rings is 1. The second-order valence-electron chi connectivity index (χ2n) is 8.46. The van der Waals surface area contributed by atoms with E-state index in [1.165, 1.54) is 6.26 Å². The molecule has 1 saturated heterocycles. The Morgan fingerprint density at radius 1 is 1.09 bits per heavy atom. The molecule has 1 aromatic carbocycles. The van der Waals surface area contributed by atoms with Crippen molar-refractivity contribution in [1.82, 2.24) is 15.0 Å². The van der Waals surface area contributed by atoms with E-state index < -0.39 is 38.5 Å². The fraction of sp³-hybridized carbons (Fsp3) is 0.318. The molecule has 3 aromatic rings. The van der Waals surface area contributed by atoms with Crippen molar-refractivity contribution < 1.29 is 26.3 Å². The van der Waals surface area contributed by atoms with Crippen molar-refractivity contribution in [2.24, 2.45) is 5.41 Å². The first-order valence-electron chi connectivity index (χ1n) is 10.0. The van der Waals surface area contributed by atoms with Crippen LogP contribution in [0.4, 0.5) is 19.0 Å². The van der Waals surface area contributed by atoms with E-state index in [0.29, 0.717) is 36.1 Å². The normalized spacial score (nSPS) is 15.2. The Labute approximate surface area is 189 Å². The van der Waals surface area contributed by atoms with Gasteiger partial charge in [-0.15, -0.1) is 0 Å². The van der Waals surface area contributed by atoms with E-state index in [1.807, 2.05) is 11.8 Å². The Morgan fingerprint density at radius 3 is 2.52 bits per heavy atom. The van der Waals surface area contributed by atoms with Gasteiger partial charge in [0.15, 0.2) is 23.2 Å². The minimum atomic E-state index is -3.14. The smallest absolute Gasteiger partial charge is 0.203 e. The summed E-state index contributed by atoms with van der Waals surface area (Å²) in [6.45, 7) is 2.60. The highest BCUT2D eigenvalue weighted by Gasteiger charge is 2.42. The summed E-state index contributed by atoms with van der Waals surface area (Å²) in [7, 11) is -3.14. The van der Waals surface area contributed by atoms with Crippen LogP contribution in [0.2, 0.25) is 0 Å². The second kappa shape index (κ2) is 8.62. The lowest BCUT2D eigenvalue weighted by Gasteiger charge is -2.48. The van der Waals surface area contributed by atoms with Crippen molar-refractivity contribution in [3.05, 3.63) is 65.7 Å². The molecule has 0 aliphatic carbocycles. The monoisotopic (exact) mass is 478 g/mol. The summed E-state index contributed by atoms with van der Waals surface area (Å²) in [5.74, 6) is -3.91. The van der Waals surface area contributed by atoms with Gasteiger partial charge in [0.1, 0.15) is 28.0 Å². The quantitative estimate of drug-likeness (QED) is 0.481. The molecule has 33 heavy (non-hydrogen) atoms. The Morgan fingerprint density at radius 2 is 1.85 bits per heavy atom. The van der Waals surface area contributed by atoms with E-state index in [9.17, 15) is 21.6 Å². The fourth-order valence-corrected chi connectivity index (χ4v) is 5.31. The fourth-order valence-electron chi connectivity index (χ4n) is 3.86. The third-order valence-corrected chi connectivity index (χ3v) is 6.34. The molecule has 0 N–H and O–H groups in total. The molecule has 0 saturated carbocycles. The number of sulfone groups is 1. The molecule has 0 spiro atoms. The van der Waals surface area contributed by atoms with Crippen LogP contribution < -0.4 is 9.64 Å². The van der Waals surface area contributed by atoms with Crippen molar-refractivity contribution in [1.29, 1.82) is 0 Å². The van der Waals surface area contributed by atoms with Crippen LogP contribution in [0.3, 0.4) is 0 Å². The summed E-state index contributed by atoms with van der Waals surface area (Å²) < 4.78 is 69.4. The molecule has 11 heteroatoms. The number of anilines is 1. The van der Waals surface area contributed by atoms with Crippen molar-refractivity contribution in [3.8, 4) is 17.3 Å². The molecule has 0 amide bonds. The van der Waals surface area contributed by atoms with Crippen LogP contribution in [0.15, 0.2) is 42.6 Å². The number of pyridine rings is 1. The lowest BCUT2D eigenvalue weighted by atomic mass is 9.84. The van der Waals surface area contributed by atoms with Crippen LogP contribution in [0, 0.1) is 22.9 Å².